The molecule has 6 heteroatoms. The van der Waals surface area contributed by atoms with E-state index in [0.29, 0.717) is 30.6 Å². The first-order valence-electron chi connectivity index (χ1n) is 8.45. The van der Waals surface area contributed by atoms with Gasteiger partial charge in [0.15, 0.2) is 0 Å². The predicted molar refractivity (Wildman–Crippen MR) is 99.4 cm³/mol. The van der Waals surface area contributed by atoms with E-state index in [1.54, 1.807) is 12.1 Å². The van der Waals surface area contributed by atoms with Gasteiger partial charge in [-0.3, -0.25) is 9.59 Å². The number of carbonyl (C=O) groups is 2. The number of aryl methyl sites for hydroxylation is 1. The topological polar surface area (TPSA) is 84.2 Å². The molecule has 1 aliphatic carbocycles. The number of nitrogens with two attached hydrogens (primary N) is 1. The van der Waals surface area contributed by atoms with Crippen LogP contribution in [0.15, 0.2) is 18.2 Å². The lowest BCUT2D eigenvalue weighted by molar-refractivity contribution is -0.128. The highest BCUT2D eigenvalue weighted by Crippen LogP contribution is 2.29. The van der Waals surface area contributed by atoms with Crippen LogP contribution in [0.1, 0.15) is 61.4 Å². The molecule has 2 rings (SSSR count). The second kappa shape index (κ2) is 8.92. The second-order valence-electron chi connectivity index (χ2n) is 6.43. The number of carbonyl (C=O) groups excluding carboxylic acids is 2. The van der Waals surface area contributed by atoms with Gasteiger partial charge in [-0.2, -0.15) is 0 Å². The van der Waals surface area contributed by atoms with Gasteiger partial charge in [0.05, 0.1) is 0 Å². The first-order chi connectivity index (χ1) is 11.0. The molecule has 0 aliphatic heterocycles. The Kier molecular flexibility index (Phi) is 7.55. The number of benzene rings is 1. The number of hydrogen-bond donors (Lipinski definition) is 3. The van der Waals surface area contributed by atoms with Gasteiger partial charge in [-0.25, -0.2) is 0 Å². The van der Waals surface area contributed by atoms with Crippen LogP contribution in [0.5, 0.6) is 0 Å². The molecule has 134 valence electrons. The van der Waals surface area contributed by atoms with Crippen molar-refractivity contribution in [2.75, 3.05) is 12.3 Å². The summed E-state index contributed by atoms with van der Waals surface area (Å²) in [6, 6.07) is 5.27. The average molecular weight is 354 g/mol. The Bertz CT molecular complexity index is 584. The highest BCUT2D eigenvalue weighted by molar-refractivity contribution is 6.00. The van der Waals surface area contributed by atoms with Crippen molar-refractivity contribution in [2.24, 2.45) is 0 Å². The van der Waals surface area contributed by atoms with E-state index in [4.69, 9.17) is 5.73 Å². The van der Waals surface area contributed by atoms with Crippen LogP contribution in [0.25, 0.3) is 0 Å². The van der Waals surface area contributed by atoms with Crippen molar-refractivity contribution in [1.82, 2.24) is 10.6 Å². The minimum atomic E-state index is -0.790. The highest BCUT2D eigenvalue weighted by atomic mass is 35.5. The van der Waals surface area contributed by atoms with Crippen LogP contribution in [0, 0.1) is 6.92 Å². The molecule has 0 unspecified atom stereocenters. The Morgan fingerprint density at radius 2 is 1.88 bits per heavy atom. The lowest BCUT2D eigenvalue weighted by Gasteiger charge is -2.36. The maximum Gasteiger partial charge on any atom is 0.252 e. The van der Waals surface area contributed by atoms with Crippen molar-refractivity contribution >= 4 is 29.9 Å². The van der Waals surface area contributed by atoms with E-state index in [1.165, 1.54) is 0 Å². The average Bonchev–Trinajstić information content (AvgIpc) is 2.55. The zero-order valence-electron chi connectivity index (χ0n) is 14.5. The molecule has 1 aromatic rings. The molecular weight excluding hydrogens is 326 g/mol. The van der Waals surface area contributed by atoms with Crippen molar-refractivity contribution in [2.45, 2.75) is 57.9 Å². The van der Waals surface area contributed by atoms with Crippen LogP contribution < -0.4 is 16.4 Å². The fraction of sp³-hybridized carbons (Fsp3) is 0.556. The van der Waals surface area contributed by atoms with Gasteiger partial charge in [0, 0.05) is 17.8 Å². The van der Waals surface area contributed by atoms with Gasteiger partial charge in [-0.05, 0) is 43.9 Å². The molecule has 24 heavy (non-hydrogen) atoms. The SMILES string of the molecule is CCCNC(=O)C1(NC(=O)c2cc(N)ccc2C)CCCCC1.Cl. The second-order valence-corrected chi connectivity index (χ2v) is 6.43. The number of nitrogen functional groups attached to an aromatic ring is 1. The zero-order valence-corrected chi connectivity index (χ0v) is 15.3. The van der Waals surface area contributed by atoms with E-state index in [-0.39, 0.29) is 24.2 Å². The van der Waals surface area contributed by atoms with E-state index in [2.05, 4.69) is 10.6 Å². The molecular formula is C18H28ClN3O2. The van der Waals surface area contributed by atoms with Gasteiger partial charge < -0.3 is 16.4 Å². The Morgan fingerprint density at radius 3 is 2.50 bits per heavy atom. The number of halogens is 1. The summed E-state index contributed by atoms with van der Waals surface area (Å²) in [7, 11) is 0. The minimum Gasteiger partial charge on any atom is -0.399 e. The molecule has 0 saturated heterocycles. The van der Waals surface area contributed by atoms with Gasteiger partial charge >= 0.3 is 0 Å². The standard InChI is InChI=1S/C18H27N3O2.ClH/c1-3-11-20-17(23)18(9-5-4-6-10-18)21-16(22)15-12-14(19)8-7-13(15)2;/h7-8,12H,3-6,9-11,19H2,1-2H3,(H,20,23)(H,21,22);1H. The van der Waals surface area contributed by atoms with Crippen LogP contribution in [0.4, 0.5) is 5.69 Å². The summed E-state index contributed by atoms with van der Waals surface area (Å²) in [6.07, 6.45) is 5.27. The van der Waals surface area contributed by atoms with Crippen LogP contribution in [0.3, 0.4) is 0 Å². The van der Waals surface area contributed by atoms with Crippen LogP contribution >= 0.6 is 12.4 Å². The normalized spacial score (nSPS) is 15.9. The molecule has 0 bridgehead atoms. The maximum absolute atomic E-state index is 12.7. The van der Waals surface area contributed by atoms with Gasteiger partial charge in [0.25, 0.3) is 5.91 Å². The van der Waals surface area contributed by atoms with E-state index < -0.39 is 5.54 Å². The number of nitrogens with one attached hydrogen (secondary N) is 2. The fourth-order valence-corrected chi connectivity index (χ4v) is 3.14. The van der Waals surface area contributed by atoms with E-state index in [0.717, 1.165) is 31.2 Å². The van der Waals surface area contributed by atoms with E-state index in [9.17, 15) is 9.59 Å². The first-order valence-corrected chi connectivity index (χ1v) is 8.45. The summed E-state index contributed by atoms with van der Waals surface area (Å²) in [5.41, 5.74) is 6.96. The third kappa shape index (κ3) is 4.63. The van der Waals surface area contributed by atoms with Crippen molar-refractivity contribution in [3.05, 3.63) is 29.3 Å². The van der Waals surface area contributed by atoms with Crippen molar-refractivity contribution in [1.29, 1.82) is 0 Å². The maximum atomic E-state index is 12.7. The Morgan fingerprint density at radius 1 is 1.21 bits per heavy atom. The molecule has 1 aromatic carbocycles. The fourth-order valence-electron chi connectivity index (χ4n) is 3.14. The first kappa shape index (κ1) is 20.3. The minimum absolute atomic E-state index is 0. The molecule has 0 atom stereocenters. The van der Waals surface area contributed by atoms with E-state index >= 15 is 0 Å². The summed E-state index contributed by atoms with van der Waals surface area (Å²) >= 11 is 0. The third-order valence-corrected chi connectivity index (χ3v) is 4.54. The monoisotopic (exact) mass is 353 g/mol. The van der Waals surface area contributed by atoms with Crippen molar-refractivity contribution in [3.63, 3.8) is 0 Å². The molecule has 0 radical (unpaired) electrons. The molecule has 0 heterocycles. The van der Waals surface area contributed by atoms with Crippen LogP contribution in [-0.4, -0.2) is 23.9 Å². The largest absolute Gasteiger partial charge is 0.399 e. The third-order valence-electron chi connectivity index (χ3n) is 4.54. The lowest BCUT2D eigenvalue weighted by Crippen LogP contribution is -2.59. The number of amides is 2. The lowest BCUT2D eigenvalue weighted by atomic mass is 9.80. The highest BCUT2D eigenvalue weighted by Gasteiger charge is 2.40. The predicted octanol–water partition coefficient (Wildman–Crippen LogP) is 2.96. The number of rotatable bonds is 5. The quantitative estimate of drug-likeness (QED) is 0.711. The smallest absolute Gasteiger partial charge is 0.252 e. The van der Waals surface area contributed by atoms with Gasteiger partial charge in [-0.15, -0.1) is 12.4 Å². The van der Waals surface area contributed by atoms with Crippen molar-refractivity contribution < 1.29 is 9.59 Å². The van der Waals surface area contributed by atoms with Crippen LogP contribution in [0.2, 0.25) is 0 Å². The molecule has 1 aliphatic rings. The Balaban J connectivity index is 0.00000288. The molecule has 0 aromatic heterocycles. The molecule has 1 saturated carbocycles. The van der Waals surface area contributed by atoms with Crippen molar-refractivity contribution in [3.8, 4) is 0 Å². The number of anilines is 1. The van der Waals surface area contributed by atoms with Crippen LogP contribution in [-0.2, 0) is 4.79 Å². The summed E-state index contributed by atoms with van der Waals surface area (Å²) in [5, 5.41) is 5.97. The number of hydrogen-bond acceptors (Lipinski definition) is 3. The Hall–Kier alpha value is -1.75. The molecule has 2 amide bonds. The van der Waals surface area contributed by atoms with Gasteiger partial charge in [0.1, 0.15) is 5.54 Å². The summed E-state index contributed by atoms with van der Waals surface area (Å²) in [5.74, 6) is -0.280. The van der Waals surface area contributed by atoms with E-state index in [1.807, 2.05) is 19.9 Å². The molecule has 0 spiro atoms. The summed E-state index contributed by atoms with van der Waals surface area (Å²) in [6.45, 7) is 4.52. The summed E-state index contributed by atoms with van der Waals surface area (Å²) < 4.78 is 0. The Labute approximate surface area is 150 Å². The van der Waals surface area contributed by atoms with Gasteiger partial charge in [-0.1, -0.05) is 32.3 Å². The zero-order chi connectivity index (χ0) is 16.9. The van der Waals surface area contributed by atoms with Gasteiger partial charge in [0.2, 0.25) is 5.91 Å². The molecule has 5 nitrogen and oxygen atoms in total. The summed E-state index contributed by atoms with van der Waals surface area (Å²) in [4.78, 5) is 25.4. The molecule has 1 fully saturated rings. The molecule has 4 N–H and O–H groups in total.